The average molecular weight is 468 g/mol. The van der Waals surface area contributed by atoms with Crippen molar-refractivity contribution in [1.82, 2.24) is 24.7 Å². The highest BCUT2D eigenvalue weighted by Gasteiger charge is 2.49. The average Bonchev–Trinajstić information content (AvgIpc) is 3.31. The maximum Gasteiger partial charge on any atom is 0.256 e. The van der Waals surface area contributed by atoms with Crippen LogP contribution in [-0.2, 0) is 0 Å². The summed E-state index contributed by atoms with van der Waals surface area (Å²) in [5.74, 6) is 0.0888. The molecule has 1 aliphatic carbocycles. The minimum atomic E-state index is -0.607. The number of amides is 1. The van der Waals surface area contributed by atoms with Crippen molar-refractivity contribution in [2.24, 2.45) is 5.41 Å². The highest BCUT2D eigenvalue weighted by Crippen LogP contribution is 2.55. The highest BCUT2D eigenvalue weighted by atomic mass is 19.1. The summed E-state index contributed by atoms with van der Waals surface area (Å²) in [4.78, 5) is 25.7. The molecule has 0 unspecified atom stereocenters. The number of nitrogens with one attached hydrogen (secondary N) is 2. The number of nitrogens with two attached hydrogens (primary N) is 1. The standard InChI is InChI=1S/C25H21FN8O/c26-17-10-15(24(35)32-19-9-14(12-27)3-6-29-19)1-2-16(17)20-21-22(28)30-7-8-34(21)23(33-20)18-11-25(4-5-25)13-31-18/h1-3,6-10,18,31H,4-5,11,13H2,(H2,28,30)(H,29,32,35)/t18-/m0/s1. The van der Waals surface area contributed by atoms with Gasteiger partial charge in [0.15, 0.2) is 0 Å². The number of hydrogen-bond acceptors (Lipinski definition) is 7. The largest absolute Gasteiger partial charge is 0.382 e. The van der Waals surface area contributed by atoms with Gasteiger partial charge < -0.3 is 16.4 Å². The Balaban J connectivity index is 1.35. The number of carbonyl (C=O) groups is 1. The Labute approximate surface area is 199 Å². The number of benzene rings is 1. The molecule has 1 aliphatic heterocycles. The molecule has 10 heteroatoms. The van der Waals surface area contributed by atoms with E-state index < -0.39 is 11.7 Å². The quantitative estimate of drug-likeness (QED) is 0.418. The summed E-state index contributed by atoms with van der Waals surface area (Å²) < 4.78 is 17.2. The van der Waals surface area contributed by atoms with Crippen LogP contribution in [0.2, 0.25) is 0 Å². The second-order valence-corrected chi connectivity index (χ2v) is 9.18. The van der Waals surface area contributed by atoms with E-state index >= 15 is 4.39 Å². The summed E-state index contributed by atoms with van der Waals surface area (Å²) in [6.07, 6.45) is 8.23. The summed E-state index contributed by atoms with van der Waals surface area (Å²) in [7, 11) is 0. The molecule has 4 N–H and O–H groups in total. The molecule has 0 bridgehead atoms. The molecule has 35 heavy (non-hydrogen) atoms. The van der Waals surface area contributed by atoms with E-state index in [0.29, 0.717) is 22.2 Å². The fraction of sp³-hybridized carbons (Fsp3) is 0.240. The van der Waals surface area contributed by atoms with Gasteiger partial charge in [0.25, 0.3) is 5.91 Å². The highest BCUT2D eigenvalue weighted by molar-refractivity contribution is 6.04. The third kappa shape index (κ3) is 3.66. The molecule has 0 radical (unpaired) electrons. The topological polar surface area (TPSA) is 134 Å². The lowest BCUT2D eigenvalue weighted by atomic mass is 10.0. The third-order valence-corrected chi connectivity index (χ3v) is 6.86. The summed E-state index contributed by atoms with van der Waals surface area (Å²) in [5.41, 5.74) is 8.18. The minimum absolute atomic E-state index is 0.0466. The van der Waals surface area contributed by atoms with Crippen LogP contribution in [0.15, 0.2) is 48.9 Å². The molecule has 1 atom stereocenters. The van der Waals surface area contributed by atoms with Gasteiger partial charge in [0.05, 0.1) is 17.7 Å². The van der Waals surface area contributed by atoms with E-state index in [0.717, 1.165) is 24.9 Å². The molecule has 6 rings (SSSR count). The summed E-state index contributed by atoms with van der Waals surface area (Å²) in [6.45, 7) is 0.951. The maximum absolute atomic E-state index is 15.4. The van der Waals surface area contributed by atoms with Crippen LogP contribution in [0.5, 0.6) is 0 Å². The van der Waals surface area contributed by atoms with Crippen LogP contribution in [0, 0.1) is 22.6 Å². The number of rotatable bonds is 4. The second kappa shape index (κ2) is 7.85. The van der Waals surface area contributed by atoms with Gasteiger partial charge in [-0.15, -0.1) is 0 Å². The van der Waals surface area contributed by atoms with Crippen molar-refractivity contribution in [2.45, 2.75) is 25.3 Å². The van der Waals surface area contributed by atoms with Gasteiger partial charge in [-0.1, -0.05) is 0 Å². The van der Waals surface area contributed by atoms with Crippen molar-refractivity contribution < 1.29 is 9.18 Å². The number of carbonyl (C=O) groups excluding carboxylic acids is 1. The van der Waals surface area contributed by atoms with Crippen molar-refractivity contribution in [3.63, 3.8) is 0 Å². The molecule has 1 aromatic carbocycles. The van der Waals surface area contributed by atoms with E-state index in [4.69, 9.17) is 16.0 Å². The summed E-state index contributed by atoms with van der Waals surface area (Å²) >= 11 is 0. The van der Waals surface area contributed by atoms with E-state index in [9.17, 15) is 4.79 Å². The van der Waals surface area contributed by atoms with E-state index in [-0.39, 0.29) is 28.8 Å². The van der Waals surface area contributed by atoms with Crippen LogP contribution in [0.25, 0.3) is 16.8 Å². The van der Waals surface area contributed by atoms with Crippen molar-refractivity contribution in [1.29, 1.82) is 5.26 Å². The number of hydrogen-bond donors (Lipinski definition) is 3. The first-order valence-electron chi connectivity index (χ1n) is 11.3. The minimum Gasteiger partial charge on any atom is -0.382 e. The summed E-state index contributed by atoms with van der Waals surface area (Å²) in [5, 5.41) is 15.2. The molecule has 2 fully saturated rings. The number of nitrogens with zero attached hydrogens (tertiary/aromatic N) is 5. The number of fused-ring (bicyclic) bond motifs is 1. The molecule has 1 saturated carbocycles. The van der Waals surface area contributed by atoms with Crippen LogP contribution >= 0.6 is 0 Å². The smallest absolute Gasteiger partial charge is 0.256 e. The molecule has 1 saturated heterocycles. The van der Waals surface area contributed by atoms with Gasteiger partial charge in [-0.3, -0.25) is 9.20 Å². The van der Waals surface area contributed by atoms with Gasteiger partial charge in [-0.25, -0.2) is 19.3 Å². The number of anilines is 2. The lowest BCUT2D eigenvalue weighted by Gasteiger charge is -2.09. The van der Waals surface area contributed by atoms with Gasteiger partial charge >= 0.3 is 0 Å². The fourth-order valence-electron chi connectivity index (χ4n) is 4.78. The van der Waals surface area contributed by atoms with E-state index in [1.54, 1.807) is 12.4 Å². The Morgan fingerprint density at radius 2 is 2.11 bits per heavy atom. The Morgan fingerprint density at radius 1 is 1.26 bits per heavy atom. The Kier molecular flexibility index (Phi) is 4.76. The maximum atomic E-state index is 15.4. The lowest BCUT2D eigenvalue weighted by Crippen LogP contribution is -2.16. The van der Waals surface area contributed by atoms with Crippen LogP contribution in [0.3, 0.4) is 0 Å². The molecule has 1 amide bonds. The molecule has 1 spiro atoms. The van der Waals surface area contributed by atoms with Crippen molar-refractivity contribution >= 4 is 23.1 Å². The molecule has 2 aliphatic rings. The molecule has 174 valence electrons. The van der Waals surface area contributed by atoms with Crippen LogP contribution in [0.4, 0.5) is 16.0 Å². The number of aromatic nitrogens is 4. The predicted octanol–water partition coefficient (Wildman–Crippen LogP) is 3.45. The van der Waals surface area contributed by atoms with Gasteiger partial charge in [-0.2, -0.15) is 5.26 Å². The van der Waals surface area contributed by atoms with Crippen molar-refractivity contribution in [3.05, 3.63) is 71.7 Å². The van der Waals surface area contributed by atoms with Gasteiger partial charge in [0.2, 0.25) is 0 Å². The fourth-order valence-corrected chi connectivity index (χ4v) is 4.78. The van der Waals surface area contributed by atoms with Crippen LogP contribution in [-0.4, -0.2) is 31.8 Å². The number of imidazole rings is 1. The van der Waals surface area contributed by atoms with E-state index in [1.807, 2.05) is 10.5 Å². The van der Waals surface area contributed by atoms with Gasteiger partial charge in [0, 0.05) is 36.3 Å². The predicted molar refractivity (Wildman–Crippen MR) is 127 cm³/mol. The first-order chi connectivity index (χ1) is 17.0. The number of nitriles is 1. The third-order valence-electron chi connectivity index (χ3n) is 6.86. The normalized spacial score (nSPS) is 18.0. The second-order valence-electron chi connectivity index (χ2n) is 9.18. The van der Waals surface area contributed by atoms with E-state index in [2.05, 4.69) is 20.6 Å². The Hall–Kier alpha value is -4.36. The molecule has 3 aromatic heterocycles. The number of pyridine rings is 1. The first kappa shape index (κ1) is 21.2. The number of halogens is 1. The first-order valence-corrected chi connectivity index (χ1v) is 11.3. The van der Waals surface area contributed by atoms with Gasteiger partial charge in [0.1, 0.15) is 34.5 Å². The molecular weight excluding hydrogens is 447 g/mol. The van der Waals surface area contributed by atoms with Gasteiger partial charge in [-0.05, 0) is 55.0 Å². The molecule has 9 nitrogen and oxygen atoms in total. The summed E-state index contributed by atoms with van der Waals surface area (Å²) in [6, 6.07) is 9.20. The lowest BCUT2D eigenvalue weighted by molar-refractivity contribution is 0.102. The van der Waals surface area contributed by atoms with Crippen LogP contribution in [0.1, 0.15) is 47.1 Å². The molecule has 4 aromatic rings. The van der Waals surface area contributed by atoms with Crippen molar-refractivity contribution in [3.8, 4) is 17.3 Å². The zero-order valence-electron chi connectivity index (χ0n) is 18.6. The van der Waals surface area contributed by atoms with E-state index in [1.165, 1.54) is 43.3 Å². The molecular formula is C25H21FN8O. The molecule has 4 heterocycles. The number of nitrogen functional groups attached to an aromatic ring is 1. The zero-order valence-corrected chi connectivity index (χ0v) is 18.6. The SMILES string of the molecule is N#Cc1ccnc(NC(=O)c2ccc(-c3nc([C@@H]4CC5(CC5)CN4)n4ccnc(N)c34)c(F)c2)c1. The zero-order chi connectivity index (χ0) is 24.2. The Bertz CT molecular complexity index is 1530. The monoisotopic (exact) mass is 468 g/mol. The van der Waals surface area contributed by atoms with Crippen LogP contribution < -0.4 is 16.4 Å². The van der Waals surface area contributed by atoms with Crippen molar-refractivity contribution in [2.75, 3.05) is 17.6 Å². The Morgan fingerprint density at radius 3 is 2.86 bits per heavy atom.